The van der Waals surface area contributed by atoms with Crippen LogP contribution in [0.1, 0.15) is 29.8 Å². The summed E-state index contributed by atoms with van der Waals surface area (Å²) in [6, 6.07) is 18.5. The second-order valence-electron chi connectivity index (χ2n) is 6.23. The number of benzene rings is 2. The number of cyclic esters (lactones) is 1. The Morgan fingerprint density at radius 1 is 1.00 bits per heavy atom. The molecule has 1 aliphatic rings. The number of hydrogen-bond acceptors (Lipinski definition) is 3. The van der Waals surface area contributed by atoms with Crippen LogP contribution in [0.25, 0.3) is 6.08 Å². The quantitative estimate of drug-likeness (QED) is 0.487. The molecule has 0 saturated carbocycles. The SMILES string of the molecule is CC1(C)/C(=C\c2ccccc2)OC(=O)C1C(=O)c1ccccc1. The van der Waals surface area contributed by atoms with Crippen LogP contribution in [0.2, 0.25) is 0 Å². The number of ketones is 1. The molecule has 1 saturated heterocycles. The highest BCUT2D eigenvalue weighted by atomic mass is 16.5. The van der Waals surface area contributed by atoms with Crippen molar-refractivity contribution in [3.63, 3.8) is 0 Å². The van der Waals surface area contributed by atoms with E-state index in [0.29, 0.717) is 11.3 Å². The molecule has 116 valence electrons. The Morgan fingerprint density at radius 2 is 1.57 bits per heavy atom. The summed E-state index contributed by atoms with van der Waals surface area (Å²) in [5, 5.41) is 0. The number of rotatable bonds is 3. The normalized spacial score (nSPS) is 21.2. The van der Waals surface area contributed by atoms with E-state index in [2.05, 4.69) is 0 Å². The van der Waals surface area contributed by atoms with Gasteiger partial charge in [0.2, 0.25) is 0 Å². The van der Waals surface area contributed by atoms with Crippen LogP contribution in [0.4, 0.5) is 0 Å². The molecule has 23 heavy (non-hydrogen) atoms. The van der Waals surface area contributed by atoms with Gasteiger partial charge in [-0.2, -0.15) is 0 Å². The van der Waals surface area contributed by atoms with Crippen molar-refractivity contribution in [2.45, 2.75) is 13.8 Å². The Bertz CT molecular complexity index is 758. The van der Waals surface area contributed by atoms with Crippen molar-refractivity contribution in [2.24, 2.45) is 11.3 Å². The first-order chi connectivity index (χ1) is 11.0. The van der Waals surface area contributed by atoms with Crippen LogP contribution in [0.5, 0.6) is 0 Å². The fraction of sp³-hybridized carbons (Fsp3) is 0.200. The third-order valence-electron chi connectivity index (χ3n) is 4.22. The number of carbonyl (C=O) groups excluding carboxylic acids is 2. The molecule has 0 spiro atoms. The second kappa shape index (κ2) is 5.84. The Labute approximate surface area is 135 Å². The fourth-order valence-electron chi connectivity index (χ4n) is 2.86. The Hall–Kier alpha value is -2.68. The van der Waals surface area contributed by atoms with Gasteiger partial charge in [-0.3, -0.25) is 9.59 Å². The van der Waals surface area contributed by atoms with E-state index in [1.54, 1.807) is 24.3 Å². The van der Waals surface area contributed by atoms with Crippen LogP contribution in [-0.2, 0) is 9.53 Å². The molecule has 2 aromatic rings. The number of Topliss-reactive ketones (excluding diaryl/α,β-unsaturated/α-hetero) is 1. The monoisotopic (exact) mass is 306 g/mol. The molecule has 0 N–H and O–H groups in total. The highest BCUT2D eigenvalue weighted by Gasteiger charge is 2.51. The average molecular weight is 306 g/mol. The van der Waals surface area contributed by atoms with E-state index in [4.69, 9.17) is 4.74 Å². The zero-order valence-electron chi connectivity index (χ0n) is 13.2. The van der Waals surface area contributed by atoms with Crippen molar-refractivity contribution in [2.75, 3.05) is 0 Å². The Kier molecular flexibility index (Phi) is 3.87. The van der Waals surface area contributed by atoms with Gasteiger partial charge in [-0.05, 0) is 11.6 Å². The van der Waals surface area contributed by atoms with E-state index >= 15 is 0 Å². The van der Waals surface area contributed by atoms with Crippen LogP contribution in [-0.4, -0.2) is 11.8 Å². The van der Waals surface area contributed by atoms with Crippen molar-refractivity contribution in [1.29, 1.82) is 0 Å². The molecule has 1 atom stereocenters. The molecule has 1 heterocycles. The van der Waals surface area contributed by atoms with Gasteiger partial charge < -0.3 is 4.74 Å². The maximum Gasteiger partial charge on any atom is 0.322 e. The summed E-state index contributed by atoms with van der Waals surface area (Å²) in [6.07, 6.45) is 1.83. The first-order valence-corrected chi connectivity index (χ1v) is 7.58. The molecule has 2 aromatic carbocycles. The predicted octanol–water partition coefficient (Wildman–Crippen LogP) is 4.11. The van der Waals surface area contributed by atoms with Gasteiger partial charge >= 0.3 is 5.97 Å². The standard InChI is InChI=1S/C20H18O3/c1-20(2)16(13-14-9-5-3-6-10-14)23-19(22)17(20)18(21)15-11-7-4-8-12-15/h3-13,17H,1-2H3/b16-13+. The van der Waals surface area contributed by atoms with Crippen molar-refractivity contribution in [1.82, 2.24) is 0 Å². The van der Waals surface area contributed by atoms with Crippen LogP contribution < -0.4 is 0 Å². The van der Waals surface area contributed by atoms with Crippen molar-refractivity contribution in [3.8, 4) is 0 Å². The molecule has 1 fully saturated rings. The first-order valence-electron chi connectivity index (χ1n) is 7.58. The molecule has 0 radical (unpaired) electrons. The van der Waals surface area contributed by atoms with Crippen LogP contribution in [0, 0.1) is 11.3 Å². The molecule has 1 aliphatic heterocycles. The fourth-order valence-corrected chi connectivity index (χ4v) is 2.86. The molecule has 0 aliphatic carbocycles. The summed E-state index contributed by atoms with van der Waals surface area (Å²) >= 11 is 0. The lowest BCUT2D eigenvalue weighted by Gasteiger charge is -2.22. The van der Waals surface area contributed by atoms with Crippen molar-refractivity contribution >= 4 is 17.8 Å². The minimum Gasteiger partial charge on any atom is -0.430 e. The lowest BCUT2D eigenvalue weighted by Crippen LogP contribution is -2.31. The highest BCUT2D eigenvalue weighted by Crippen LogP contribution is 2.45. The number of esters is 1. The zero-order valence-corrected chi connectivity index (χ0v) is 13.2. The molecule has 3 nitrogen and oxygen atoms in total. The van der Waals surface area contributed by atoms with E-state index in [1.807, 2.05) is 56.3 Å². The summed E-state index contributed by atoms with van der Waals surface area (Å²) in [4.78, 5) is 25.1. The molecule has 3 rings (SSSR count). The Balaban J connectivity index is 1.96. The number of hydrogen-bond donors (Lipinski definition) is 0. The third-order valence-corrected chi connectivity index (χ3v) is 4.22. The van der Waals surface area contributed by atoms with Crippen LogP contribution in [0.3, 0.4) is 0 Å². The first kappa shape index (κ1) is 15.2. The maximum atomic E-state index is 12.7. The summed E-state index contributed by atoms with van der Waals surface area (Å²) in [6.45, 7) is 3.75. The molecule has 0 bridgehead atoms. The summed E-state index contributed by atoms with van der Waals surface area (Å²) < 4.78 is 5.44. The summed E-state index contributed by atoms with van der Waals surface area (Å²) in [5.41, 5.74) is 0.791. The molecule has 3 heteroatoms. The molecular weight excluding hydrogens is 288 g/mol. The van der Waals surface area contributed by atoms with Gasteiger partial charge in [0.15, 0.2) is 5.78 Å². The van der Waals surface area contributed by atoms with Crippen LogP contribution in [0.15, 0.2) is 66.4 Å². The van der Waals surface area contributed by atoms with E-state index in [0.717, 1.165) is 5.56 Å². The maximum absolute atomic E-state index is 12.7. The van der Waals surface area contributed by atoms with Gasteiger partial charge in [0, 0.05) is 11.0 Å². The van der Waals surface area contributed by atoms with E-state index in [-0.39, 0.29) is 5.78 Å². The smallest absolute Gasteiger partial charge is 0.322 e. The lowest BCUT2D eigenvalue weighted by molar-refractivity contribution is -0.137. The largest absolute Gasteiger partial charge is 0.430 e. The van der Waals surface area contributed by atoms with Gasteiger partial charge in [-0.1, -0.05) is 74.5 Å². The average Bonchev–Trinajstić information content (AvgIpc) is 2.77. The van der Waals surface area contributed by atoms with Crippen molar-refractivity contribution in [3.05, 3.63) is 77.5 Å². The summed E-state index contributed by atoms with van der Waals surface area (Å²) in [7, 11) is 0. The van der Waals surface area contributed by atoms with E-state index < -0.39 is 17.3 Å². The van der Waals surface area contributed by atoms with Gasteiger partial charge in [0.05, 0.1) is 0 Å². The van der Waals surface area contributed by atoms with Crippen LogP contribution >= 0.6 is 0 Å². The number of allylic oxidation sites excluding steroid dienone is 1. The van der Waals surface area contributed by atoms with Gasteiger partial charge in [-0.25, -0.2) is 0 Å². The molecule has 0 aromatic heterocycles. The third kappa shape index (κ3) is 2.82. The highest BCUT2D eigenvalue weighted by molar-refractivity contribution is 6.11. The van der Waals surface area contributed by atoms with E-state index in [1.165, 1.54) is 0 Å². The molecule has 0 amide bonds. The lowest BCUT2D eigenvalue weighted by atomic mass is 9.75. The minimum atomic E-state index is -0.820. The van der Waals surface area contributed by atoms with E-state index in [9.17, 15) is 9.59 Å². The minimum absolute atomic E-state index is 0.197. The van der Waals surface area contributed by atoms with Gasteiger partial charge in [0.1, 0.15) is 11.7 Å². The second-order valence-corrected chi connectivity index (χ2v) is 6.23. The van der Waals surface area contributed by atoms with Crippen molar-refractivity contribution < 1.29 is 14.3 Å². The molecular formula is C20H18O3. The predicted molar refractivity (Wildman–Crippen MR) is 88.6 cm³/mol. The zero-order chi connectivity index (χ0) is 16.4. The number of carbonyl (C=O) groups is 2. The summed E-state index contributed by atoms with van der Waals surface area (Å²) in [5.74, 6) is -0.967. The number of ether oxygens (including phenoxy) is 1. The van der Waals surface area contributed by atoms with Gasteiger partial charge in [0.25, 0.3) is 0 Å². The molecule has 1 unspecified atom stereocenters. The Morgan fingerprint density at radius 3 is 2.17 bits per heavy atom. The van der Waals surface area contributed by atoms with Gasteiger partial charge in [-0.15, -0.1) is 0 Å². The topological polar surface area (TPSA) is 43.4 Å².